The maximum Gasteiger partial charge on any atom is 0.171 e. The molecule has 140 valence electrons. The molecule has 3 rings (SSSR count). The van der Waals surface area contributed by atoms with Gasteiger partial charge in [-0.15, -0.1) is 0 Å². The Labute approximate surface area is 171 Å². The molecule has 0 unspecified atom stereocenters. The summed E-state index contributed by atoms with van der Waals surface area (Å²) in [5.74, 6) is 0. The van der Waals surface area contributed by atoms with Crippen molar-refractivity contribution in [3.63, 3.8) is 0 Å². The van der Waals surface area contributed by atoms with E-state index in [2.05, 4.69) is 28.8 Å². The summed E-state index contributed by atoms with van der Waals surface area (Å²) < 4.78 is 0. The van der Waals surface area contributed by atoms with Gasteiger partial charge in [-0.05, 0) is 73.3 Å². The highest BCUT2D eigenvalue weighted by Crippen LogP contribution is 2.34. The van der Waals surface area contributed by atoms with Crippen LogP contribution >= 0.6 is 23.8 Å². The van der Waals surface area contributed by atoms with E-state index in [1.54, 1.807) is 0 Å². The number of nitrogens with zero attached hydrogens (tertiary/aromatic N) is 1. The maximum absolute atomic E-state index is 8.77. The van der Waals surface area contributed by atoms with Gasteiger partial charge in [-0.2, -0.15) is 5.26 Å². The van der Waals surface area contributed by atoms with Crippen molar-refractivity contribution in [2.75, 3.05) is 5.32 Å². The van der Waals surface area contributed by atoms with Crippen molar-refractivity contribution in [3.05, 3.63) is 64.7 Å². The van der Waals surface area contributed by atoms with E-state index >= 15 is 0 Å². The van der Waals surface area contributed by atoms with Gasteiger partial charge >= 0.3 is 0 Å². The monoisotopic (exact) mass is 397 g/mol. The van der Waals surface area contributed by atoms with Gasteiger partial charge in [0.2, 0.25) is 0 Å². The number of aryl methyl sites for hydroxylation is 1. The first-order valence-corrected chi connectivity index (χ1v) is 10.2. The van der Waals surface area contributed by atoms with Crippen LogP contribution in [0.25, 0.3) is 0 Å². The second-order valence-corrected chi connectivity index (χ2v) is 8.07. The van der Waals surface area contributed by atoms with Crippen LogP contribution in [-0.2, 0) is 12.8 Å². The molecule has 0 amide bonds. The van der Waals surface area contributed by atoms with Crippen LogP contribution in [0.1, 0.15) is 43.2 Å². The van der Waals surface area contributed by atoms with Crippen molar-refractivity contribution in [1.82, 2.24) is 5.32 Å². The third-order valence-electron chi connectivity index (χ3n) is 5.24. The quantitative estimate of drug-likeness (QED) is 0.619. The van der Waals surface area contributed by atoms with Crippen molar-refractivity contribution < 1.29 is 0 Å². The molecule has 1 saturated carbocycles. The number of halogens is 1. The van der Waals surface area contributed by atoms with Crippen LogP contribution < -0.4 is 10.6 Å². The lowest BCUT2D eigenvalue weighted by atomic mass is 9.89. The number of anilines is 1. The van der Waals surface area contributed by atoms with Gasteiger partial charge in [0, 0.05) is 16.2 Å². The van der Waals surface area contributed by atoms with E-state index in [-0.39, 0.29) is 5.54 Å². The Hall–Kier alpha value is -2.09. The van der Waals surface area contributed by atoms with E-state index in [0.717, 1.165) is 42.0 Å². The highest BCUT2D eigenvalue weighted by atomic mass is 35.5. The Morgan fingerprint density at radius 2 is 1.67 bits per heavy atom. The Morgan fingerprint density at radius 1 is 1.04 bits per heavy atom. The number of hydrogen-bond acceptors (Lipinski definition) is 2. The van der Waals surface area contributed by atoms with Gasteiger partial charge in [0.05, 0.1) is 12.5 Å². The molecule has 0 heterocycles. The van der Waals surface area contributed by atoms with Crippen LogP contribution in [0, 0.1) is 11.3 Å². The van der Waals surface area contributed by atoms with Crippen molar-refractivity contribution in [1.29, 1.82) is 5.26 Å². The predicted molar refractivity (Wildman–Crippen MR) is 116 cm³/mol. The molecule has 5 heteroatoms. The zero-order valence-electron chi connectivity index (χ0n) is 15.3. The highest BCUT2D eigenvalue weighted by Gasteiger charge is 2.34. The summed E-state index contributed by atoms with van der Waals surface area (Å²) in [4.78, 5) is 0. The van der Waals surface area contributed by atoms with Crippen LogP contribution in [0.5, 0.6) is 0 Å². The largest absolute Gasteiger partial charge is 0.357 e. The van der Waals surface area contributed by atoms with E-state index in [1.807, 2.05) is 36.4 Å². The lowest BCUT2D eigenvalue weighted by molar-refractivity contribution is 0.362. The minimum Gasteiger partial charge on any atom is -0.357 e. The number of nitrogens with one attached hydrogen (secondary N) is 2. The first-order valence-electron chi connectivity index (χ1n) is 9.38. The molecule has 2 aromatic carbocycles. The van der Waals surface area contributed by atoms with Gasteiger partial charge in [0.1, 0.15) is 0 Å². The molecular weight excluding hydrogens is 374 g/mol. The second kappa shape index (κ2) is 9.21. The van der Waals surface area contributed by atoms with E-state index < -0.39 is 0 Å². The molecule has 2 aromatic rings. The smallest absolute Gasteiger partial charge is 0.171 e. The van der Waals surface area contributed by atoms with Crippen molar-refractivity contribution >= 4 is 34.6 Å². The lowest BCUT2D eigenvalue weighted by Crippen LogP contribution is -2.48. The van der Waals surface area contributed by atoms with E-state index in [4.69, 9.17) is 29.1 Å². The molecule has 1 aliphatic rings. The molecule has 27 heavy (non-hydrogen) atoms. The molecule has 1 aliphatic carbocycles. The van der Waals surface area contributed by atoms with E-state index in [0.29, 0.717) is 11.5 Å². The lowest BCUT2D eigenvalue weighted by Gasteiger charge is -2.32. The molecule has 0 saturated heterocycles. The summed E-state index contributed by atoms with van der Waals surface area (Å²) >= 11 is 11.6. The second-order valence-electron chi connectivity index (χ2n) is 7.22. The third kappa shape index (κ3) is 5.69. The standard InChI is InChI=1S/C22H24ClN3S/c23-19-7-3-17(4-8-19)11-15-22(13-1-2-14-22)26-21(27)25-20-9-5-18(6-10-20)12-16-24/h3-10H,1-2,11-15H2,(H2,25,26,27). The molecule has 0 aliphatic heterocycles. The maximum atomic E-state index is 8.77. The van der Waals surface area contributed by atoms with Crippen LogP contribution in [0.4, 0.5) is 5.69 Å². The SMILES string of the molecule is N#CCc1ccc(NC(=S)NC2(CCc3ccc(Cl)cc3)CCCC2)cc1. The van der Waals surface area contributed by atoms with Crippen LogP contribution in [-0.4, -0.2) is 10.7 Å². The average molecular weight is 398 g/mol. The van der Waals surface area contributed by atoms with Crippen LogP contribution in [0.3, 0.4) is 0 Å². The topological polar surface area (TPSA) is 47.9 Å². The van der Waals surface area contributed by atoms with Crippen LogP contribution in [0.2, 0.25) is 5.02 Å². The number of hydrogen-bond donors (Lipinski definition) is 2. The summed E-state index contributed by atoms with van der Waals surface area (Å²) in [6.45, 7) is 0. The molecule has 0 radical (unpaired) electrons. The molecule has 2 N–H and O–H groups in total. The van der Waals surface area contributed by atoms with Crippen molar-refractivity contribution in [2.24, 2.45) is 0 Å². The van der Waals surface area contributed by atoms with Crippen molar-refractivity contribution in [3.8, 4) is 6.07 Å². The van der Waals surface area contributed by atoms with E-state index in [9.17, 15) is 0 Å². The summed E-state index contributed by atoms with van der Waals surface area (Å²) in [5, 5.41) is 17.1. The highest BCUT2D eigenvalue weighted by molar-refractivity contribution is 7.80. The summed E-state index contributed by atoms with van der Waals surface area (Å²) in [5.41, 5.74) is 3.32. The van der Waals surface area contributed by atoms with Crippen LogP contribution in [0.15, 0.2) is 48.5 Å². The van der Waals surface area contributed by atoms with E-state index in [1.165, 1.54) is 18.4 Å². The number of benzene rings is 2. The molecule has 0 atom stereocenters. The predicted octanol–water partition coefficient (Wildman–Crippen LogP) is 5.64. The van der Waals surface area contributed by atoms with Gasteiger partial charge in [-0.1, -0.05) is 48.7 Å². The molecule has 3 nitrogen and oxygen atoms in total. The Morgan fingerprint density at radius 3 is 2.30 bits per heavy atom. The normalized spacial score (nSPS) is 15.1. The third-order valence-corrected chi connectivity index (χ3v) is 5.70. The first-order chi connectivity index (χ1) is 13.1. The molecule has 0 aromatic heterocycles. The fourth-order valence-electron chi connectivity index (χ4n) is 3.72. The summed E-state index contributed by atoms with van der Waals surface area (Å²) in [7, 11) is 0. The van der Waals surface area contributed by atoms with Crippen molar-refractivity contribution in [2.45, 2.75) is 50.5 Å². The average Bonchev–Trinajstić information content (AvgIpc) is 3.12. The zero-order chi connectivity index (χ0) is 19.1. The minimum absolute atomic E-state index is 0.0600. The molecule has 1 fully saturated rings. The zero-order valence-corrected chi connectivity index (χ0v) is 16.9. The Kier molecular flexibility index (Phi) is 6.71. The molecule has 0 spiro atoms. The summed E-state index contributed by atoms with van der Waals surface area (Å²) in [6.07, 6.45) is 7.25. The van der Waals surface area contributed by atoms with Gasteiger partial charge in [0.15, 0.2) is 5.11 Å². The number of nitriles is 1. The minimum atomic E-state index is 0.0600. The molecule has 0 bridgehead atoms. The molecular formula is C22H24ClN3S. The Bertz CT molecular complexity index is 803. The fraction of sp³-hybridized carbons (Fsp3) is 0.364. The van der Waals surface area contributed by atoms with Gasteiger partial charge in [-0.3, -0.25) is 0 Å². The van der Waals surface area contributed by atoms with Gasteiger partial charge < -0.3 is 10.6 Å². The summed E-state index contributed by atoms with van der Waals surface area (Å²) in [6, 6.07) is 18.1. The van der Waals surface area contributed by atoms with Gasteiger partial charge in [-0.25, -0.2) is 0 Å². The Balaban J connectivity index is 1.58. The number of thiocarbonyl (C=S) groups is 1. The first kappa shape index (κ1) is 19.7. The number of rotatable bonds is 6. The fourth-order valence-corrected chi connectivity index (χ4v) is 4.18. The van der Waals surface area contributed by atoms with Gasteiger partial charge in [0.25, 0.3) is 0 Å².